The van der Waals surface area contributed by atoms with Crippen molar-refractivity contribution < 1.29 is 48.5 Å². The van der Waals surface area contributed by atoms with Gasteiger partial charge in [-0.1, -0.05) is 12.1 Å². The number of ketones is 2. The molecule has 3 aromatic carbocycles. The first-order valence-corrected chi connectivity index (χ1v) is 14.0. The van der Waals surface area contributed by atoms with Crippen LogP contribution in [0.2, 0.25) is 0 Å². The Labute approximate surface area is 209 Å². The van der Waals surface area contributed by atoms with Crippen molar-refractivity contribution in [1.82, 2.24) is 0 Å². The van der Waals surface area contributed by atoms with Gasteiger partial charge in [-0.05, 0) is 30.3 Å². The van der Waals surface area contributed by atoms with E-state index in [0.717, 1.165) is 36.4 Å². The van der Waals surface area contributed by atoms with Gasteiger partial charge in [-0.2, -0.15) is 25.3 Å². The zero-order valence-corrected chi connectivity index (χ0v) is 20.5. The monoisotopic (exact) mass is 569 g/mol. The van der Waals surface area contributed by atoms with Crippen molar-refractivity contribution in [3.63, 3.8) is 0 Å². The molecule has 8 N–H and O–H groups in total. The Balaban J connectivity index is 2.05. The molecular formula is C20H15N3O11S3. The molecule has 194 valence electrons. The molecule has 37 heavy (non-hydrogen) atoms. The Morgan fingerprint density at radius 2 is 1.27 bits per heavy atom. The zero-order valence-electron chi connectivity index (χ0n) is 18.0. The lowest BCUT2D eigenvalue weighted by molar-refractivity contribution is 0.0977. The number of fused-ring (bicyclic) bond motifs is 2. The first-order chi connectivity index (χ1) is 16.9. The van der Waals surface area contributed by atoms with Crippen LogP contribution in [0.5, 0.6) is 0 Å². The highest BCUT2D eigenvalue weighted by Crippen LogP contribution is 2.42. The third-order valence-corrected chi connectivity index (χ3v) is 8.07. The van der Waals surface area contributed by atoms with Crippen molar-refractivity contribution in [3.8, 4) is 0 Å². The number of carbonyl (C=O) groups is 2. The fraction of sp³-hybridized carbons (Fsp3) is 0. The quantitative estimate of drug-likeness (QED) is 0.145. The molecule has 1 aliphatic rings. The van der Waals surface area contributed by atoms with E-state index in [-0.39, 0.29) is 11.4 Å². The molecule has 0 unspecified atom stereocenters. The molecule has 0 spiro atoms. The highest BCUT2D eigenvalue weighted by molar-refractivity contribution is 7.86. The molecule has 4 rings (SSSR count). The van der Waals surface area contributed by atoms with Crippen molar-refractivity contribution >= 4 is 64.7 Å². The second-order valence-electron chi connectivity index (χ2n) is 7.72. The van der Waals surface area contributed by atoms with Crippen molar-refractivity contribution in [2.75, 3.05) is 16.8 Å². The lowest BCUT2D eigenvalue weighted by Gasteiger charge is -2.25. The van der Waals surface area contributed by atoms with E-state index >= 15 is 0 Å². The number of rotatable bonds is 5. The number of nitrogens with two attached hydrogens (primary N) is 2. The minimum Gasteiger partial charge on any atom is -0.397 e. The van der Waals surface area contributed by atoms with E-state index in [9.17, 15) is 48.5 Å². The summed E-state index contributed by atoms with van der Waals surface area (Å²) >= 11 is 0. The molecule has 0 fully saturated rings. The van der Waals surface area contributed by atoms with Crippen LogP contribution in [0, 0.1) is 0 Å². The molecule has 0 aromatic heterocycles. The lowest BCUT2D eigenvalue weighted by atomic mass is 9.82. The number of carbonyl (C=O) groups excluding carboxylic acids is 2. The molecule has 0 heterocycles. The van der Waals surface area contributed by atoms with Crippen molar-refractivity contribution in [1.29, 1.82) is 0 Å². The predicted molar refractivity (Wildman–Crippen MR) is 128 cm³/mol. The summed E-state index contributed by atoms with van der Waals surface area (Å²) in [6.45, 7) is 0. The van der Waals surface area contributed by atoms with Crippen molar-refractivity contribution in [3.05, 3.63) is 64.7 Å². The molecule has 17 heteroatoms. The standard InChI is InChI=1S/C20H15N3O11S3/c21-10-6-8(35(26,27)28)4-5-11(10)23-12-7-14(37(32,33)34)18(22)17-16(12)20(25)15-9(19(17)24)2-1-3-13(15)36(29,30)31/h1-7,23H,21-22H2,(H,26,27,28)(H,29,30,31)(H,32,33,34). The topological polar surface area (TPSA) is 261 Å². The summed E-state index contributed by atoms with van der Waals surface area (Å²) in [6, 6.07) is 6.49. The van der Waals surface area contributed by atoms with E-state index in [1.807, 2.05) is 0 Å². The van der Waals surface area contributed by atoms with Crippen LogP contribution in [-0.2, 0) is 30.4 Å². The van der Waals surface area contributed by atoms with Crippen LogP contribution in [0.25, 0.3) is 0 Å². The molecule has 0 radical (unpaired) electrons. The van der Waals surface area contributed by atoms with E-state index in [0.29, 0.717) is 6.07 Å². The third kappa shape index (κ3) is 4.43. The van der Waals surface area contributed by atoms with Crippen LogP contribution in [0.4, 0.5) is 22.7 Å². The molecule has 0 atom stereocenters. The average molecular weight is 570 g/mol. The van der Waals surface area contributed by atoms with E-state index in [1.54, 1.807) is 0 Å². The van der Waals surface area contributed by atoms with Gasteiger partial charge >= 0.3 is 0 Å². The van der Waals surface area contributed by atoms with Gasteiger partial charge in [-0.25, -0.2) is 0 Å². The normalized spacial score (nSPS) is 13.7. The highest BCUT2D eigenvalue weighted by atomic mass is 32.2. The molecule has 0 saturated heterocycles. The fourth-order valence-electron chi connectivity index (χ4n) is 3.85. The molecular weight excluding hydrogens is 554 g/mol. The maximum Gasteiger partial charge on any atom is 0.296 e. The van der Waals surface area contributed by atoms with Gasteiger partial charge in [0, 0.05) is 5.56 Å². The SMILES string of the molecule is Nc1cc(S(=O)(=O)O)ccc1Nc1cc(S(=O)(=O)O)c(N)c2c1C(=O)c1c(cccc1S(=O)(=O)O)C2=O. The molecule has 14 nitrogen and oxygen atoms in total. The second kappa shape index (κ2) is 8.33. The van der Waals surface area contributed by atoms with E-state index in [4.69, 9.17) is 11.5 Å². The summed E-state index contributed by atoms with van der Waals surface area (Å²) < 4.78 is 99.0. The van der Waals surface area contributed by atoms with Crippen molar-refractivity contribution in [2.24, 2.45) is 0 Å². The largest absolute Gasteiger partial charge is 0.397 e. The van der Waals surface area contributed by atoms with Gasteiger partial charge in [0.15, 0.2) is 11.6 Å². The summed E-state index contributed by atoms with van der Waals surface area (Å²) in [5, 5.41) is 2.54. The minimum atomic E-state index is -5.08. The summed E-state index contributed by atoms with van der Waals surface area (Å²) in [6.07, 6.45) is 0. The van der Waals surface area contributed by atoms with Gasteiger partial charge in [0.05, 0.1) is 44.3 Å². The van der Waals surface area contributed by atoms with Crippen LogP contribution in [0.15, 0.2) is 57.2 Å². The van der Waals surface area contributed by atoms with E-state index in [2.05, 4.69) is 5.32 Å². The number of nitrogen functional groups attached to an aromatic ring is 2. The van der Waals surface area contributed by atoms with Gasteiger partial charge < -0.3 is 16.8 Å². The number of hydrogen-bond acceptors (Lipinski definition) is 11. The summed E-state index contributed by atoms with van der Waals surface area (Å²) in [4.78, 5) is 24.4. The van der Waals surface area contributed by atoms with Gasteiger partial charge in [-0.3, -0.25) is 23.2 Å². The maximum absolute atomic E-state index is 13.5. The van der Waals surface area contributed by atoms with E-state index in [1.165, 1.54) is 0 Å². The van der Waals surface area contributed by atoms with Gasteiger partial charge in [0.2, 0.25) is 0 Å². The predicted octanol–water partition coefficient (Wildman–Crippen LogP) is 1.11. The number of hydrogen-bond donors (Lipinski definition) is 6. The second-order valence-corrected chi connectivity index (χ2v) is 11.9. The average Bonchev–Trinajstić information content (AvgIpc) is 2.77. The number of nitrogens with one attached hydrogen (secondary N) is 1. The van der Waals surface area contributed by atoms with Gasteiger partial charge in [0.25, 0.3) is 30.4 Å². The Morgan fingerprint density at radius 3 is 1.81 bits per heavy atom. The molecule has 0 bridgehead atoms. The molecule has 1 aliphatic carbocycles. The number of anilines is 4. The summed E-state index contributed by atoms with van der Waals surface area (Å²) in [5.41, 5.74) is 7.41. The molecule has 0 saturated carbocycles. The highest BCUT2D eigenvalue weighted by Gasteiger charge is 2.39. The molecule has 3 aromatic rings. The summed E-state index contributed by atoms with van der Waals surface area (Å²) in [7, 11) is -14.7. The molecule has 0 amide bonds. The van der Waals surface area contributed by atoms with E-state index < -0.39 is 90.2 Å². The third-order valence-electron chi connectivity index (χ3n) is 5.43. The maximum atomic E-state index is 13.5. The van der Waals surface area contributed by atoms with Crippen LogP contribution in [0.3, 0.4) is 0 Å². The number of benzene rings is 3. The van der Waals surface area contributed by atoms with Crippen LogP contribution in [0.1, 0.15) is 31.8 Å². The Morgan fingerprint density at radius 1 is 0.649 bits per heavy atom. The molecule has 0 aliphatic heterocycles. The van der Waals surface area contributed by atoms with Crippen LogP contribution in [-0.4, -0.2) is 50.5 Å². The fourth-order valence-corrected chi connectivity index (χ4v) is 5.72. The summed E-state index contributed by atoms with van der Waals surface area (Å²) in [5.74, 6) is -2.24. The minimum absolute atomic E-state index is 0.144. The van der Waals surface area contributed by atoms with Crippen molar-refractivity contribution in [2.45, 2.75) is 14.7 Å². The zero-order chi connectivity index (χ0) is 27.7. The van der Waals surface area contributed by atoms with Gasteiger partial charge in [0.1, 0.15) is 9.79 Å². The smallest absolute Gasteiger partial charge is 0.296 e. The van der Waals surface area contributed by atoms with Crippen LogP contribution >= 0.6 is 0 Å². The first-order valence-electron chi connectivity index (χ1n) is 9.71. The Bertz CT molecular complexity index is 1880. The van der Waals surface area contributed by atoms with Gasteiger partial charge in [-0.15, -0.1) is 0 Å². The van der Waals surface area contributed by atoms with Crippen LogP contribution < -0.4 is 16.8 Å². The Kier molecular flexibility index (Phi) is 5.90. The Hall–Kier alpha value is -3.87. The first kappa shape index (κ1) is 26.2. The lowest BCUT2D eigenvalue weighted by Crippen LogP contribution is -2.27.